The molecule has 7 heteroatoms. The van der Waals surface area contributed by atoms with Gasteiger partial charge < -0.3 is 15.2 Å². The zero-order valence-electron chi connectivity index (χ0n) is 14.9. The van der Waals surface area contributed by atoms with Crippen LogP contribution in [0.1, 0.15) is 12.8 Å². The van der Waals surface area contributed by atoms with Crippen molar-refractivity contribution in [3.63, 3.8) is 0 Å². The fourth-order valence-corrected chi connectivity index (χ4v) is 2.54. The second-order valence-corrected chi connectivity index (χ2v) is 6.06. The van der Waals surface area contributed by atoms with Crippen molar-refractivity contribution >= 4 is 11.4 Å². The number of unbranched alkanes of at least 4 members (excludes halogenated alkanes) is 1. The first kappa shape index (κ1) is 17.9. The van der Waals surface area contributed by atoms with Crippen LogP contribution >= 0.6 is 0 Å². The van der Waals surface area contributed by atoms with E-state index in [1.165, 1.54) is 0 Å². The van der Waals surface area contributed by atoms with Crippen molar-refractivity contribution in [3.8, 4) is 5.75 Å². The Kier molecular flexibility index (Phi) is 6.16. The van der Waals surface area contributed by atoms with Crippen molar-refractivity contribution in [3.05, 3.63) is 60.7 Å². The fraction of sp³-hybridized carbons (Fsp3) is 0.316. The van der Waals surface area contributed by atoms with E-state index >= 15 is 0 Å². The molecule has 26 heavy (non-hydrogen) atoms. The van der Waals surface area contributed by atoms with E-state index in [0.717, 1.165) is 42.2 Å². The number of anilines is 2. The second kappa shape index (κ2) is 8.96. The molecule has 0 atom stereocenters. The summed E-state index contributed by atoms with van der Waals surface area (Å²) < 4.78 is 7.62. The topological polar surface area (TPSA) is 74.6 Å². The lowest BCUT2D eigenvalue weighted by Crippen LogP contribution is -2.36. The molecule has 0 saturated carbocycles. The number of ether oxygens (including phenoxy) is 1. The summed E-state index contributed by atoms with van der Waals surface area (Å²) in [6.07, 6.45) is 11.4. The molecule has 1 aliphatic heterocycles. The Morgan fingerprint density at radius 1 is 1.23 bits per heavy atom. The van der Waals surface area contributed by atoms with Crippen molar-refractivity contribution in [1.29, 1.82) is 0 Å². The van der Waals surface area contributed by atoms with E-state index in [4.69, 9.17) is 9.84 Å². The van der Waals surface area contributed by atoms with Crippen LogP contribution in [0, 0.1) is 0 Å². The van der Waals surface area contributed by atoms with Crippen LogP contribution in [0.4, 0.5) is 11.4 Å². The molecular formula is C19H25N5O2. The van der Waals surface area contributed by atoms with Gasteiger partial charge in [0.2, 0.25) is 0 Å². The summed E-state index contributed by atoms with van der Waals surface area (Å²) in [6.45, 7) is 1.55. The van der Waals surface area contributed by atoms with E-state index in [0.29, 0.717) is 6.61 Å². The zero-order chi connectivity index (χ0) is 18.2. The number of rotatable bonds is 9. The molecule has 0 spiro atoms. The van der Waals surface area contributed by atoms with E-state index in [1.54, 1.807) is 10.9 Å². The number of allylic oxidation sites excluding steroid dienone is 2. The molecule has 1 aromatic carbocycles. The largest absolute Gasteiger partial charge is 0.487 e. The van der Waals surface area contributed by atoms with Crippen molar-refractivity contribution in [2.75, 3.05) is 30.1 Å². The van der Waals surface area contributed by atoms with E-state index in [9.17, 15) is 0 Å². The summed E-state index contributed by atoms with van der Waals surface area (Å²) in [5.74, 6) is 0.816. The van der Waals surface area contributed by atoms with E-state index < -0.39 is 0 Å². The van der Waals surface area contributed by atoms with Gasteiger partial charge in [0, 0.05) is 32.1 Å². The molecule has 7 nitrogen and oxygen atoms in total. The van der Waals surface area contributed by atoms with Gasteiger partial charge in [0.05, 0.1) is 18.1 Å². The molecule has 2 aromatic rings. The third-order valence-corrected chi connectivity index (χ3v) is 3.93. The van der Waals surface area contributed by atoms with E-state index in [-0.39, 0.29) is 6.61 Å². The van der Waals surface area contributed by atoms with E-state index in [2.05, 4.69) is 15.8 Å². The van der Waals surface area contributed by atoms with Crippen LogP contribution in [-0.4, -0.2) is 34.6 Å². The van der Waals surface area contributed by atoms with Gasteiger partial charge in [-0.1, -0.05) is 0 Å². The smallest absolute Gasteiger partial charge is 0.129 e. The standard InChI is InChI=1S/C19H25N5O2/c1-23-14-18(13-21-23)24-11-4-5-17(22-24)15-26-19-8-6-16(7-9-19)20-10-2-3-12-25/h4-9,11,13-14,20,22,25H,2-3,10,12,15H2,1H3. The van der Waals surface area contributed by atoms with Crippen LogP contribution in [0.15, 0.2) is 60.7 Å². The van der Waals surface area contributed by atoms with Gasteiger partial charge in [0.1, 0.15) is 18.0 Å². The first-order chi connectivity index (χ1) is 12.7. The maximum Gasteiger partial charge on any atom is 0.129 e. The predicted octanol–water partition coefficient (Wildman–Crippen LogP) is 2.41. The summed E-state index contributed by atoms with van der Waals surface area (Å²) in [4.78, 5) is 0. The molecule has 0 unspecified atom stereocenters. The Balaban J connectivity index is 1.46. The lowest BCUT2D eigenvalue weighted by atomic mass is 10.2. The van der Waals surface area contributed by atoms with Crippen LogP contribution in [0.3, 0.4) is 0 Å². The maximum atomic E-state index is 8.78. The highest BCUT2D eigenvalue weighted by atomic mass is 16.5. The Bertz CT molecular complexity index is 752. The molecule has 1 aromatic heterocycles. The summed E-state index contributed by atoms with van der Waals surface area (Å²) in [5, 5.41) is 18.2. The average molecular weight is 355 g/mol. The first-order valence-electron chi connectivity index (χ1n) is 8.74. The minimum absolute atomic E-state index is 0.242. The lowest BCUT2D eigenvalue weighted by molar-refractivity contribution is 0.286. The number of aliphatic hydroxyl groups is 1. The number of hydrazine groups is 1. The van der Waals surface area contributed by atoms with Crippen LogP contribution in [0.5, 0.6) is 5.75 Å². The molecule has 2 heterocycles. The van der Waals surface area contributed by atoms with Crippen LogP contribution < -0.4 is 20.5 Å². The molecule has 3 N–H and O–H groups in total. The number of hydrogen-bond acceptors (Lipinski definition) is 6. The minimum Gasteiger partial charge on any atom is -0.487 e. The van der Waals surface area contributed by atoms with Gasteiger partial charge in [-0.2, -0.15) is 5.10 Å². The molecule has 0 saturated heterocycles. The van der Waals surface area contributed by atoms with Gasteiger partial charge in [0.15, 0.2) is 0 Å². The highest BCUT2D eigenvalue weighted by molar-refractivity contribution is 5.48. The second-order valence-electron chi connectivity index (χ2n) is 6.06. The quantitative estimate of drug-likeness (QED) is 0.600. The van der Waals surface area contributed by atoms with Crippen LogP contribution in [0.25, 0.3) is 0 Å². The van der Waals surface area contributed by atoms with Crippen LogP contribution in [-0.2, 0) is 7.05 Å². The number of aryl methyl sites for hydroxylation is 1. The first-order valence-corrected chi connectivity index (χ1v) is 8.74. The fourth-order valence-electron chi connectivity index (χ4n) is 2.54. The molecule has 0 amide bonds. The Morgan fingerprint density at radius 2 is 2.08 bits per heavy atom. The van der Waals surface area contributed by atoms with E-state index in [1.807, 2.05) is 60.9 Å². The molecule has 138 valence electrons. The molecule has 3 rings (SSSR count). The van der Waals surface area contributed by atoms with Crippen molar-refractivity contribution in [2.45, 2.75) is 12.8 Å². The Morgan fingerprint density at radius 3 is 2.81 bits per heavy atom. The highest BCUT2D eigenvalue weighted by Gasteiger charge is 2.10. The van der Waals surface area contributed by atoms with Gasteiger partial charge in [0.25, 0.3) is 0 Å². The molecule has 0 fully saturated rings. The van der Waals surface area contributed by atoms with Crippen molar-refractivity contribution in [1.82, 2.24) is 15.2 Å². The molecule has 0 radical (unpaired) electrons. The average Bonchev–Trinajstić information content (AvgIpc) is 3.11. The van der Waals surface area contributed by atoms with Crippen molar-refractivity contribution < 1.29 is 9.84 Å². The summed E-state index contributed by atoms with van der Waals surface area (Å²) in [6, 6.07) is 7.90. The number of aromatic nitrogens is 2. The lowest BCUT2D eigenvalue weighted by Gasteiger charge is -2.25. The normalized spacial score (nSPS) is 13.3. The molecule has 0 bridgehead atoms. The SMILES string of the molecule is Cn1cc(N2C=CC=C(COc3ccc(NCCCCO)cc3)N2)cn1. The zero-order valence-corrected chi connectivity index (χ0v) is 14.9. The van der Waals surface area contributed by atoms with Gasteiger partial charge in [-0.3, -0.25) is 15.1 Å². The monoisotopic (exact) mass is 355 g/mol. The molecule has 0 aliphatic carbocycles. The van der Waals surface area contributed by atoms with Gasteiger partial charge in [-0.05, 0) is 49.3 Å². The number of aliphatic hydroxyl groups excluding tert-OH is 1. The Labute approximate surface area is 153 Å². The maximum absolute atomic E-state index is 8.78. The number of nitrogens with one attached hydrogen (secondary N) is 2. The van der Waals surface area contributed by atoms with Gasteiger partial charge >= 0.3 is 0 Å². The molecule has 1 aliphatic rings. The summed E-state index contributed by atoms with van der Waals surface area (Å²) in [5.41, 5.74) is 6.28. The third kappa shape index (κ3) is 5.03. The van der Waals surface area contributed by atoms with Crippen molar-refractivity contribution in [2.24, 2.45) is 7.05 Å². The Hall–Kier alpha value is -2.93. The molecular weight excluding hydrogens is 330 g/mol. The number of nitrogens with zero attached hydrogens (tertiary/aromatic N) is 3. The number of hydrogen-bond donors (Lipinski definition) is 3. The van der Waals surface area contributed by atoms with Crippen LogP contribution in [0.2, 0.25) is 0 Å². The van der Waals surface area contributed by atoms with Gasteiger partial charge in [-0.25, -0.2) is 0 Å². The number of benzene rings is 1. The highest BCUT2D eigenvalue weighted by Crippen LogP contribution is 2.18. The third-order valence-electron chi connectivity index (χ3n) is 3.93. The minimum atomic E-state index is 0.242. The predicted molar refractivity (Wildman–Crippen MR) is 103 cm³/mol. The summed E-state index contributed by atoms with van der Waals surface area (Å²) >= 11 is 0. The summed E-state index contributed by atoms with van der Waals surface area (Å²) in [7, 11) is 1.89. The van der Waals surface area contributed by atoms with Gasteiger partial charge in [-0.15, -0.1) is 0 Å².